The number of rotatable bonds is 7. The molecule has 0 unspecified atom stereocenters. The van der Waals surface area contributed by atoms with Crippen LogP contribution in [0.3, 0.4) is 0 Å². The van der Waals surface area contributed by atoms with Gasteiger partial charge >= 0.3 is 12.2 Å². The normalized spacial score (nSPS) is 16.9. The second-order valence-electron chi connectivity index (χ2n) is 11.6. The molecule has 2 aromatic rings. The SMILES string of the molecule is CC(C)(C)OC(=O)N1CCC(CN2CCN(C(=O)CN(C(=O)OCc3ccccc3)c3ccccc3)CC2)CC1. The van der Waals surface area contributed by atoms with Gasteiger partial charge in [-0.15, -0.1) is 0 Å². The quantitative estimate of drug-likeness (QED) is 0.500. The topological polar surface area (TPSA) is 82.6 Å². The molecule has 0 saturated carbocycles. The Kier molecular flexibility index (Phi) is 10.0. The lowest BCUT2D eigenvalue weighted by atomic mass is 9.96. The molecule has 2 aliphatic rings. The Morgan fingerprint density at radius 2 is 1.43 bits per heavy atom. The monoisotopic (exact) mass is 550 g/mol. The van der Waals surface area contributed by atoms with Gasteiger partial charge in [0.15, 0.2) is 0 Å². The van der Waals surface area contributed by atoms with Gasteiger partial charge in [-0.3, -0.25) is 14.6 Å². The van der Waals surface area contributed by atoms with Crippen LogP contribution in [-0.4, -0.2) is 90.8 Å². The van der Waals surface area contributed by atoms with Crippen molar-refractivity contribution in [2.75, 3.05) is 57.3 Å². The summed E-state index contributed by atoms with van der Waals surface area (Å²) in [5, 5.41) is 0. The first-order chi connectivity index (χ1) is 19.2. The van der Waals surface area contributed by atoms with Gasteiger partial charge in [-0.1, -0.05) is 48.5 Å². The summed E-state index contributed by atoms with van der Waals surface area (Å²) in [4.78, 5) is 46.1. The summed E-state index contributed by atoms with van der Waals surface area (Å²) in [6, 6.07) is 18.7. The summed E-state index contributed by atoms with van der Waals surface area (Å²) in [5.74, 6) is 0.430. The number of hydrogen-bond acceptors (Lipinski definition) is 6. The molecule has 4 rings (SSSR count). The van der Waals surface area contributed by atoms with Gasteiger partial charge in [-0.2, -0.15) is 0 Å². The van der Waals surface area contributed by atoms with Crippen molar-refractivity contribution in [1.82, 2.24) is 14.7 Å². The number of likely N-dealkylation sites (tertiary alicyclic amines) is 1. The fourth-order valence-corrected chi connectivity index (χ4v) is 5.07. The Balaban J connectivity index is 1.24. The van der Waals surface area contributed by atoms with Crippen LogP contribution in [0, 0.1) is 5.92 Å². The first kappa shape index (κ1) is 29.4. The van der Waals surface area contributed by atoms with Gasteiger partial charge in [0.05, 0.1) is 0 Å². The van der Waals surface area contributed by atoms with Crippen LogP contribution in [0.4, 0.5) is 15.3 Å². The highest BCUT2D eigenvalue weighted by Crippen LogP contribution is 2.22. The number of ether oxygens (including phenoxy) is 2. The van der Waals surface area contributed by atoms with E-state index in [0.717, 1.165) is 38.0 Å². The molecule has 2 fully saturated rings. The van der Waals surface area contributed by atoms with Crippen LogP contribution in [-0.2, 0) is 20.9 Å². The number of piperidine rings is 1. The van der Waals surface area contributed by atoms with Gasteiger partial charge in [-0.05, 0) is 57.2 Å². The van der Waals surface area contributed by atoms with Crippen LogP contribution in [0.25, 0.3) is 0 Å². The molecular weight excluding hydrogens is 508 g/mol. The average molecular weight is 551 g/mol. The lowest BCUT2D eigenvalue weighted by Crippen LogP contribution is -2.53. The number of amides is 3. The fraction of sp³-hybridized carbons (Fsp3) is 0.516. The zero-order valence-electron chi connectivity index (χ0n) is 24.0. The van der Waals surface area contributed by atoms with Crippen LogP contribution in [0.15, 0.2) is 60.7 Å². The molecule has 0 bridgehead atoms. The highest BCUT2D eigenvalue weighted by atomic mass is 16.6. The molecule has 2 aromatic carbocycles. The molecule has 2 aliphatic heterocycles. The van der Waals surface area contributed by atoms with Gasteiger partial charge in [0, 0.05) is 51.5 Å². The van der Waals surface area contributed by atoms with Crippen LogP contribution in [0.1, 0.15) is 39.2 Å². The molecule has 2 heterocycles. The van der Waals surface area contributed by atoms with E-state index in [2.05, 4.69) is 4.90 Å². The fourth-order valence-electron chi connectivity index (χ4n) is 5.07. The van der Waals surface area contributed by atoms with Crippen molar-refractivity contribution >= 4 is 23.8 Å². The Bertz CT molecular complexity index is 1110. The zero-order chi connectivity index (χ0) is 28.5. The molecule has 0 aliphatic carbocycles. The molecule has 9 nitrogen and oxygen atoms in total. The maximum atomic E-state index is 13.3. The molecule has 9 heteroatoms. The molecule has 0 radical (unpaired) electrons. The van der Waals surface area contributed by atoms with Gasteiger partial charge in [0.1, 0.15) is 18.8 Å². The summed E-state index contributed by atoms with van der Waals surface area (Å²) in [6.07, 6.45) is 1.14. The highest BCUT2D eigenvalue weighted by Gasteiger charge is 2.30. The number of benzene rings is 2. The minimum absolute atomic E-state index is 0.0687. The Hall–Kier alpha value is -3.59. The number of nitrogens with zero attached hydrogens (tertiary/aromatic N) is 4. The van der Waals surface area contributed by atoms with Crippen molar-refractivity contribution in [1.29, 1.82) is 0 Å². The van der Waals surface area contributed by atoms with Crippen molar-refractivity contribution in [3.05, 3.63) is 66.2 Å². The van der Waals surface area contributed by atoms with Crippen LogP contribution in [0.5, 0.6) is 0 Å². The molecule has 216 valence electrons. The van der Waals surface area contributed by atoms with E-state index >= 15 is 0 Å². The van der Waals surface area contributed by atoms with E-state index < -0.39 is 11.7 Å². The van der Waals surface area contributed by atoms with Gasteiger partial charge in [-0.25, -0.2) is 9.59 Å². The Morgan fingerprint density at radius 3 is 2.02 bits per heavy atom. The largest absolute Gasteiger partial charge is 0.444 e. The molecular formula is C31H42N4O5. The Morgan fingerprint density at radius 1 is 0.825 bits per heavy atom. The average Bonchev–Trinajstić information content (AvgIpc) is 2.95. The molecule has 0 atom stereocenters. The number of carbonyl (C=O) groups is 3. The lowest BCUT2D eigenvalue weighted by molar-refractivity contribution is -0.131. The van der Waals surface area contributed by atoms with E-state index in [1.807, 2.05) is 91.2 Å². The second kappa shape index (κ2) is 13.7. The number of anilines is 1. The van der Waals surface area contributed by atoms with E-state index in [1.54, 1.807) is 0 Å². The lowest BCUT2D eigenvalue weighted by Gasteiger charge is -2.39. The highest BCUT2D eigenvalue weighted by molar-refractivity contribution is 5.95. The number of carbonyl (C=O) groups excluding carboxylic acids is 3. The maximum Gasteiger partial charge on any atom is 0.415 e. The second-order valence-corrected chi connectivity index (χ2v) is 11.6. The van der Waals surface area contributed by atoms with Crippen LogP contribution < -0.4 is 4.90 Å². The summed E-state index contributed by atoms with van der Waals surface area (Å²) < 4.78 is 11.1. The van der Waals surface area contributed by atoms with Crippen molar-refractivity contribution in [3.8, 4) is 0 Å². The van der Waals surface area contributed by atoms with Gasteiger partial charge in [0.2, 0.25) is 5.91 Å². The third-order valence-electron chi connectivity index (χ3n) is 7.29. The van der Waals surface area contributed by atoms with E-state index in [1.165, 1.54) is 4.90 Å². The summed E-state index contributed by atoms with van der Waals surface area (Å²) in [7, 11) is 0. The summed E-state index contributed by atoms with van der Waals surface area (Å²) in [6.45, 7) is 11.0. The van der Waals surface area contributed by atoms with Crippen molar-refractivity contribution in [2.45, 2.75) is 45.8 Å². The molecule has 0 N–H and O–H groups in total. The van der Waals surface area contributed by atoms with Crippen LogP contribution in [0.2, 0.25) is 0 Å². The van der Waals surface area contributed by atoms with Gasteiger partial charge in [0.25, 0.3) is 0 Å². The predicted molar refractivity (Wildman–Crippen MR) is 154 cm³/mol. The predicted octanol–water partition coefficient (Wildman–Crippen LogP) is 4.62. The smallest absolute Gasteiger partial charge is 0.415 e. The zero-order valence-corrected chi connectivity index (χ0v) is 24.0. The van der Waals surface area contributed by atoms with E-state index in [0.29, 0.717) is 37.8 Å². The summed E-state index contributed by atoms with van der Waals surface area (Å²) >= 11 is 0. The maximum absolute atomic E-state index is 13.3. The van der Waals surface area contributed by atoms with E-state index in [4.69, 9.17) is 9.47 Å². The molecule has 0 aromatic heterocycles. The number of para-hydroxylation sites is 1. The van der Waals surface area contributed by atoms with E-state index in [9.17, 15) is 14.4 Å². The van der Waals surface area contributed by atoms with Crippen molar-refractivity contribution in [3.63, 3.8) is 0 Å². The van der Waals surface area contributed by atoms with Gasteiger partial charge < -0.3 is 19.3 Å². The third kappa shape index (κ3) is 8.71. The van der Waals surface area contributed by atoms with Crippen molar-refractivity contribution < 1.29 is 23.9 Å². The minimum Gasteiger partial charge on any atom is -0.444 e. The minimum atomic E-state index is -0.542. The standard InChI is InChI=1S/C31H42N4O5/c1-31(2,3)40-29(37)34-16-14-25(15-17-34)22-32-18-20-33(21-19-32)28(36)23-35(27-12-8-5-9-13-27)30(38)39-24-26-10-6-4-7-11-26/h4-13,25H,14-24H2,1-3H3. The molecule has 40 heavy (non-hydrogen) atoms. The molecule has 3 amide bonds. The van der Waals surface area contributed by atoms with Crippen LogP contribution >= 0.6 is 0 Å². The molecule has 0 spiro atoms. The number of hydrogen-bond donors (Lipinski definition) is 0. The molecule has 2 saturated heterocycles. The summed E-state index contributed by atoms with van der Waals surface area (Å²) in [5.41, 5.74) is 1.04. The van der Waals surface area contributed by atoms with E-state index in [-0.39, 0.29) is 25.2 Å². The first-order valence-corrected chi connectivity index (χ1v) is 14.2. The van der Waals surface area contributed by atoms with Crippen molar-refractivity contribution in [2.24, 2.45) is 5.92 Å². The Labute approximate surface area is 237 Å². The first-order valence-electron chi connectivity index (χ1n) is 14.2. The third-order valence-corrected chi connectivity index (χ3v) is 7.29. The number of piperazine rings is 1.